The van der Waals surface area contributed by atoms with Crippen LogP contribution in [0.4, 0.5) is 4.79 Å². The van der Waals surface area contributed by atoms with E-state index in [-0.39, 0.29) is 0 Å². The molecule has 1 atom stereocenters. The van der Waals surface area contributed by atoms with Crippen LogP contribution in [0.2, 0.25) is 0 Å². The molecule has 0 aliphatic carbocycles. The number of amides is 1. The molecule has 0 aliphatic heterocycles. The van der Waals surface area contributed by atoms with Crippen LogP contribution in [0, 0.1) is 5.92 Å². The zero-order valence-electron chi connectivity index (χ0n) is 12.6. The average Bonchev–Trinajstić information content (AvgIpc) is 2.23. The van der Waals surface area contributed by atoms with Crippen molar-refractivity contribution in [1.29, 1.82) is 0 Å². The van der Waals surface area contributed by atoms with Crippen LogP contribution in [0.1, 0.15) is 41.0 Å². The molecule has 5 nitrogen and oxygen atoms in total. The van der Waals surface area contributed by atoms with Crippen LogP contribution in [-0.2, 0) is 14.3 Å². The highest BCUT2D eigenvalue weighted by atomic mass is 16.6. The quantitative estimate of drug-likeness (QED) is 0.616. The predicted octanol–water partition coefficient (Wildman–Crippen LogP) is 2.66. The molecule has 0 saturated carbocycles. The van der Waals surface area contributed by atoms with E-state index in [1.54, 1.807) is 26.8 Å². The van der Waals surface area contributed by atoms with Crippen molar-refractivity contribution in [2.75, 3.05) is 7.11 Å². The SMILES string of the molecule is COC(=O)[C@H](/C=C/CC(C)C)NC(=O)OC(C)(C)C. The molecule has 0 spiro atoms. The molecule has 0 aromatic rings. The molecule has 0 aliphatic rings. The van der Waals surface area contributed by atoms with Gasteiger partial charge in [0, 0.05) is 0 Å². The van der Waals surface area contributed by atoms with Crippen molar-refractivity contribution in [3.05, 3.63) is 12.2 Å². The van der Waals surface area contributed by atoms with Crippen molar-refractivity contribution in [2.45, 2.75) is 52.7 Å². The lowest BCUT2D eigenvalue weighted by Gasteiger charge is -2.21. The summed E-state index contributed by atoms with van der Waals surface area (Å²) in [6.07, 6.45) is 3.65. The molecule has 0 aromatic carbocycles. The number of hydrogen-bond donors (Lipinski definition) is 1. The molecule has 1 amide bonds. The van der Waals surface area contributed by atoms with Gasteiger partial charge in [-0.05, 0) is 33.1 Å². The van der Waals surface area contributed by atoms with Gasteiger partial charge in [-0.2, -0.15) is 0 Å². The fraction of sp³-hybridized carbons (Fsp3) is 0.714. The van der Waals surface area contributed by atoms with E-state index in [2.05, 4.69) is 23.9 Å². The van der Waals surface area contributed by atoms with E-state index in [4.69, 9.17) is 4.74 Å². The maximum atomic E-state index is 11.6. The smallest absolute Gasteiger partial charge is 0.408 e. The lowest BCUT2D eigenvalue weighted by atomic mass is 10.1. The van der Waals surface area contributed by atoms with Crippen molar-refractivity contribution in [1.82, 2.24) is 5.32 Å². The number of nitrogens with one attached hydrogen (secondary N) is 1. The Morgan fingerprint density at radius 3 is 2.26 bits per heavy atom. The second kappa shape index (κ2) is 7.81. The topological polar surface area (TPSA) is 64.6 Å². The fourth-order valence-electron chi connectivity index (χ4n) is 1.23. The first kappa shape index (κ1) is 17.5. The van der Waals surface area contributed by atoms with Crippen LogP contribution in [0.3, 0.4) is 0 Å². The van der Waals surface area contributed by atoms with Crippen LogP contribution >= 0.6 is 0 Å². The Hall–Kier alpha value is -1.52. The highest BCUT2D eigenvalue weighted by molar-refractivity contribution is 5.83. The summed E-state index contributed by atoms with van der Waals surface area (Å²) in [5.74, 6) is -0.0399. The number of allylic oxidation sites excluding steroid dienone is 1. The van der Waals surface area contributed by atoms with E-state index in [9.17, 15) is 9.59 Å². The van der Waals surface area contributed by atoms with Gasteiger partial charge in [-0.15, -0.1) is 0 Å². The van der Waals surface area contributed by atoms with Crippen LogP contribution in [0.15, 0.2) is 12.2 Å². The van der Waals surface area contributed by atoms with Crippen molar-refractivity contribution >= 4 is 12.1 Å². The van der Waals surface area contributed by atoms with E-state index in [1.165, 1.54) is 7.11 Å². The first-order valence-corrected chi connectivity index (χ1v) is 6.39. The lowest BCUT2D eigenvalue weighted by molar-refractivity contribution is -0.141. The first-order chi connectivity index (χ1) is 8.65. The van der Waals surface area contributed by atoms with Crippen molar-refractivity contribution in [3.8, 4) is 0 Å². The second-order valence-corrected chi connectivity index (χ2v) is 5.70. The Bertz CT molecular complexity index is 329. The Morgan fingerprint density at radius 2 is 1.84 bits per heavy atom. The zero-order valence-corrected chi connectivity index (χ0v) is 12.6. The van der Waals surface area contributed by atoms with Crippen LogP contribution in [-0.4, -0.2) is 30.8 Å². The Kier molecular flexibility index (Phi) is 7.19. The number of esters is 1. The number of rotatable bonds is 5. The molecule has 0 rings (SSSR count). The van der Waals surface area contributed by atoms with E-state index in [0.717, 1.165) is 6.42 Å². The summed E-state index contributed by atoms with van der Waals surface area (Å²) in [5, 5.41) is 2.48. The maximum Gasteiger partial charge on any atom is 0.408 e. The van der Waals surface area contributed by atoms with Crippen LogP contribution in [0.25, 0.3) is 0 Å². The molecule has 110 valence electrons. The van der Waals surface area contributed by atoms with Crippen LogP contribution < -0.4 is 5.32 Å². The highest BCUT2D eigenvalue weighted by Crippen LogP contribution is 2.07. The van der Waals surface area contributed by atoms with Gasteiger partial charge in [0.15, 0.2) is 0 Å². The molecule has 0 saturated heterocycles. The molecule has 1 N–H and O–H groups in total. The fourth-order valence-corrected chi connectivity index (χ4v) is 1.23. The third-order valence-corrected chi connectivity index (χ3v) is 2.06. The summed E-state index contributed by atoms with van der Waals surface area (Å²) in [6.45, 7) is 9.41. The lowest BCUT2D eigenvalue weighted by Crippen LogP contribution is -2.42. The summed E-state index contributed by atoms with van der Waals surface area (Å²) < 4.78 is 9.74. The molecule has 0 bridgehead atoms. The molecule has 19 heavy (non-hydrogen) atoms. The minimum atomic E-state index is -0.821. The average molecular weight is 271 g/mol. The minimum Gasteiger partial charge on any atom is -0.467 e. The summed E-state index contributed by atoms with van der Waals surface area (Å²) in [7, 11) is 1.28. The third-order valence-electron chi connectivity index (χ3n) is 2.06. The maximum absolute atomic E-state index is 11.6. The van der Waals surface area contributed by atoms with Crippen molar-refractivity contribution in [3.63, 3.8) is 0 Å². The first-order valence-electron chi connectivity index (χ1n) is 6.39. The normalized spacial score (nSPS) is 13.4. The molecule has 5 heteroatoms. The standard InChI is InChI=1S/C14H25NO4/c1-10(2)8-7-9-11(12(16)18-6)15-13(17)19-14(3,4)5/h7,9-11H,8H2,1-6H3,(H,15,17)/b9-7+/t11-/m0/s1. The van der Waals surface area contributed by atoms with E-state index >= 15 is 0 Å². The van der Waals surface area contributed by atoms with Crippen molar-refractivity contribution in [2.24, 2.45) is 5.92 Å². The molecule has 0 fully saturated rings. The van der Waals surface area contributed by atoms with Gasteiger partial charge >= 0.3 is 12.1 Å². The predicted molar refractivity (Wildman–Crippen MR) is 73.8 cm³/mol. The van der Waals surface area contributed by atoms with Crippen LogP contribution in [0.5, 0.6) is 0 Å². The molecule has 0 radical (unpaired) electrons. The highest BCUT2D eigenvalue weighted by Gasteiger charge is 2.22. The summed E-state index contributed by atoms with van der Waals surface area (Å²) >= 11 is 0. The molecule has 0 aromatic heterocycles. The molecular formula is C14H25NO4. The van der Waals surface area contributed by atoms with E-state index in [1.807, 2.05) is 6.08 Å². The zero-order chi connectivity index (χ0) is 15.1. The minimum absolute atomic E-state index is 0.482. The van der Waals surface area contributed by atoms with Gasteiger partial charge in [-0.1, -0.05) is 26.0 Å². The van der Waals surface area contributed by atoms with Gasteiger partial charge in [0.2, 0.25) is 0 Å². The van der Waals surface area contributed by atoms with E-state index in [0.29, 0.717) is 5.92 Å². The van der Waals surface area contributed by atoms with Gasteiger partial charge in [0.05, 0.1) is 7.11 Å². The van der Waals surface area contributed by atoms with E-state index < -0.39 is 23.7 Å². The number of methoxy groups -OCH3 is 1. The number of hydrogen-bond acceptors (Lipinski definition) is 4. The Labute approximate surface area is 115 Å². The third kappa shape index (κ3) is 9.11. The van der Waals surface area contributed by atoms with Gasteiger partial charge in [-0.25, -0.2) is 9.59 Å². The van der Waals surface area contributed by atoms with Gasteiger partial charge in [-0.3, -0.25) is 0 Å². The summed E-state index contributed by atoms with van der Waals surface area (Å²) in [6, 6.07) is -0.821. The van der Waals surface area contributed by atoms with Gasteiger partial charge in [0.1, 0.15) is 11.6 Å². The molecule has 0 unspecified atom stereocenters. The summed E-state index contributed by atoms with van der Waals surface area (Å²) in [4.78, 5) is 23.2. The molecular weight excluding hydrogens is 246 g/mol. The van der Waals surface area contributed by atoms with Gasteiger partial charge in [0.25, 0.3) is 0 Å². The largest absolute Gasteiger partial charge is 0.467 e. The van der Waals surface area contributed by atoms with Crippen molar-refractivity contribution < 1.29 is 19.1 Å². The van der Waals surface area contributed by atoms with Gasteiger partial charge < -0.3 is 14.8 Å². The number of alkyl carbamates (subject to hydrolysis) is 1. The molecule has 0 heterocycles. The monoisotopic (exact) mass is 271 g/mol. The summed E-state index contributed by atoms with van der Waals surface area (Å²) in [5.41, 5.74) is -0.605. The number of ether oxygens (including phenoxy) is 2. The Morgan fingerprint density at radius 1 is 1.26 bits per heavy atom. The Balaban J connectivity index is 4.56. The number of carbonyl (C=O) groups excluding carboxylic acids is 2. The second-order valence-electron chi connectivity index (χ2n) is 5.70. The number of carbonyl (C=O) groups is 2.